The number of aromatic amines is 1. The fourth-order valence-corrected chi connectivity index (χ4v) is 8.23. The van der Waals surface area contributed by atoms with Gasteiger partial charge in [-0.25, -0.2) is 9.69 Å². The average Bonchev–Trinajstić information content (AvgIpc) is 3.51. The molecular formula is C31H24BrN3O8S2. The lowest BCUT2D eigenvalue weighted by Gasteiger charge is -2.31. The number of imide groups is 1. The number of H-pyrrole nitrogens is 1. The molecule has 11 nitrogen and oxygen atoms in total. The second-order valence-electron chi connectivity index (χ2n) is 10.1. The summed E-state index contributed by atoms with van der Waals surface area (Å²) in [6.07, 6.45) is 0. The number of aromatic nitrogens is 1. The summed E-state index contributed by atoms with van der Waals surface area (Å²) in [6.45, 7) is 1.54. The number of benzene rings is 3. The lowest BCUT2D eigenvalue weighted by atomic mass is 9.82. The molecule has 0 bridgehead atoms. The van der Waals surface area contributed by atoms with Crippen LogP contribution in [-0.2, 0) is 19.1 Å². The molecule has 3 amide bonds. The molecule has 3 N–H and O–H groups in total. The Balaban J connectivity index is 1.33. The number of thiazole rings is 1. The number of rotatable bonds is 8. The monoisotopic (exact) mass is 709 g/mol. The van der Waals surface area contributed by atoms with E-state index in [0.717, 1.165) is 28.0 Å². The Morgan fingerprint density at radius 1 is 1.02 bits per heavy atom. The largest absolute Gasteiger partial charge is 0.508 e. The number of esters is 1. The van der Waals surface area contributed by atoms with Crippen LogP contribution < -0.4 is 19.8 Å². The molecule has 0 aliphatic carbocycles. The van der Waals surface area contributed by atoms with E-state index >= 15 is 0 Å². The summed E-state index contributed by atoms with van der Waals surface area (Å²) in [7, 11) is 0. The van der Waals surface area contributed by atoms with E-state index in [0.29, 0.717) is 37.1 Å². The zero-order valence-corrected chi connectivity index (χ0v) is 26.7. The molecule has 3 aromatic carbocycles. The van der Waals surface area contributed by atoms with Gasteiger partial charge in [0.25, 0.3) is 5.91 Å². The maximum Gasteiger partial charge on any atom is 0.338 e. The van der Waals surface area contributed by atoms with Gasteiger partial charge in [0.2, 0.25) is 11.8 Å². The Bertz CT molecular complexity index is 1870. The van der Waals surface area contributed by atoms with E-state index in [-0.39, 0.29) is 29.4 Å². The Kier molecular flexibility index (Phi) is 8.53. The number of phenols is 1. The van der Waals surface area contributed by atoms with Crippen LogP contribution in [0.1, 0.15) is 33.6 Å². The molecule has 230 valence electrons. The summed E-state index contributed by atoms with van der Waals surface area (Å²) in [4.78, 5) is 69.5. The van der Waals surface area contributed by atoms with Gasteiger partial charge in [0.15, 0.2) is 6.61 Å². The minimum Gasteiger partial charge on any atom is -0.508 e. The third kappa shape index (κ3) is 6.00. The number of hydrogen-bond acceptors (Lipinski definition) is 10. The van der Waals surface area contributed by atoms with E-state index in [1.54, 1.807) is 37.3 Å². The summed E-state index contributed by atoms with van der Waals surface area (Å²) in [5.41, 5.74) is 1.58. The number of thioether (sulfide) groups is 1. The lowest BCUT2D eigenvalue weighted by molar-refractivity contribution is -0.122. The lowest BCUT2D eigenvalue weighted by Crippen LogP contribution is -2.32. The first kappa shape index (κ1) is 30.6. The molecule has 3 unspecified atom stereocenters. The van der Waals surface area contributed by atoms with Crippen LogP contribution in [0.4, 0.5) is 11.4 Å². The Morgan fingerprint density at radius 2 is 1.76 bits per heavy atom. The van der Waals surface area contributed by atoms with Crippen LogP contribution in [0.3, 0.4) is 0 Å². The van der Waals surface area contributed by atoms with Crippen molar-refractivity contribution < 1.29 is 33.8 Å². The quantitative estimate of drug-likeness (QED) is 0.132. The summed E-state index contributed by atoms with van der Waals surface area (Å²) >= 11 is 5.58. The number of amides is 3. The van der Waals surface area contributed by atoms with Crippen LogP contribution in [0.25, 0.3) is 0 Å². The van der Waals surface area contributed by atoms with Gasteiger partial charge in [-0.1, -0.05) is 39.0 Å². The molecule has 14 heteroatoms. The number of nitrogens with one attached hydrogen (secondary N) is 2. The molecule has 6 rings (SSSR count). The van der Waals surface area contributed by atoms with Crippen molar-refractivity contribution in [1.82, 2.24) is 4.98 Å². The highest BCUT2D eigenvalue weighted by Gasteiger charge is 2.56. The van der Waals surface area contributed by atoms with Crippen LogP contribution in [0.15, 0.2) is 81.0 Å². The molecule has 4 aromatic rings. The molecule has 1 saturated heterocycles. The van der Waals surface area contributed by atoms with E-state index in [1.807, 2.05) is 0 Å². The van der Waals surface area contributed by atoms with Gasteiger partial charge in [0.05, 0.1) is 28.8 Å². The first-order valence-corrected chi connectivity index (χ1v) is 16.2. The van der Waals surface area contributed by atoms with Crippen LogP contribution in [0.5, 0.6) is 11.5 Å². The number of phenolic OH excluding ortho intramolecular Hbond substituents is 1. The highest BCUT2D eigenvalue weighted by atomic mass is 79.9. The normalized spacial score (nSPS) is 18.7. The number of carbonyl (C=O) groups is 4. The summed E-state index contributed by atoms with van der Waals surface area (Å²) in [5, 5.41) is 11.8. The summed E-state index contributed by atoms with van der Waals surface area (Å²) < 4.78 is 11.7. The van der Waals surface area contributed by atoms with Gasteiger partial charge in [-0.3, -0.25) is 19.2 Å². The van der Waals surface area contributed by atoms with Crippen molar-refractivity contribution in [3.8, 4) is 11.5 Å². The van der Waals surface area contributed by atoms with E-state index in [9.17, 15) is 29.1 Å². The van der Waals surface area contributed by atoms with Crippen LogP contribution >= 0.6 is 39.0 Å². The van der Waals surface area contributed by atoms with Crippen molar-refractivity contribution in [2.75, 3.05) is 23.4 Å². The van der Waals surface area contributed by atoms with Gasteiger partial charge in [-0.2, -0.15) is 0 Å². The summed E-state index contributed by atoms with van der Waals surface area (Å²) in [5.74, 6) is -3.16. The second-order valence-corrected chi connectivity index (χ2v) is 13.2. The average molecular weight is 711 g/mol. The van der Waals surface area contributed by atoms with Gasteiger partial charge in [-0.15, -0.1) is 0 Å². The number of carbonyl (C=O) groups excluding carboxylic acids is 4. The maximum absolute atomic E-state index is 14.1. The standard InChI is InChI=1S/C31H24BrN3O8S2/c1-2-42-30(40)15-3-8-18(9-4-15)35-28(38)24-23(25-27(34-31(41)45-25)44-26(24)29(35)39)20-13-16(32)5-12-21(20)43-14-22(37)33-17-6-10-19(36)11-7-17/h3-13,23-24,26,36H,2,14H2,1H3,(H,33,37)(H,34,41). The number of nitrogens with zero attached hydrogens (tertiary/aromatic N) is 1. The first-order chi connectivity index (χ1) is 21.6. The number of ether oxygens (including phenoxy) is 2. The fraction of sp³-hybridized carbons (Fsp3) is 0.194. The van der Waals surface area contributed by atoms with Gasteiger partial charge in [-0.05, 0) is 73.7 Å². The zero-order chi connectivity index (χ0) is 31.8. The minimum atomic E-state index is -0.895. The van der Waals surface area contributed by atoms with E-state index in [1.165, 1.54) is 36.4 Å². The predicted octanol–water partition coefficient (Wildman–Crippen LogP) is 4.89. The second kappa shape index (κ2) is 12.5. The number of halogens is 1. The topological polar surface area (TPSA) is 155 Å². The molecule has 3 atom stereocenters. The van der Waals surface area contributed by atoms with Gasteiger partial charge in [0.1, 0.15) is 16.7 Å². The van der Waals surface area contributed by atoms with Crippen molar-refractivity contribution >= 4 is 74.1 Å². The third-order valence-electron chi connectivity index (χ3n) is 7.28. The number of fused-ring (bicyclic) bond motifs is 2. The molecule has 3 heterocycles. The molecule has 1 aromatic heterocycles. The molecule has 2 aliphatic heterocycles. The third-order valence-corrected chi connectivity index (χ3v) is 10.2. The Morgan fingerprint density at radius 3 is 2.47 bits per heavy atom. The van der Waals surface area contributed by atoms with Crippen LogP contribution in [-0.4, -0.2) is 52.2 Å². The predicted molar refractivity (Wildman–Crippen MR) is 171 cm³/mol. The molecular weight excluding hydrogens is 686 g/mol. The van der Waals surface area contributed by atoms with Crippen molar-refractivity contribution in [3.63, 3.8) is 0 Å². The van der Waals surface area contributed by atoms with Crippen LogP contribution in [0, 0.1) is 5.92 Å². The van der Waals surface area contributed by atoms with Crippen molar-refractivity contribution in [2.24, 2.45) is 5.92 Å². The highest BCUT2D eigenvalue weighted by molar-refractivity contribution is 9.10. The number of aromatic hydroxyl groups is 1. The molecule has 0 radical (unpaired) electrons. The Labute approximate surface area is 272 Å². The van der Waals surface area contributed by atoms with E-state index in [4.69, 9.17) is 9.47 Å². The number of hydrogen-bond donors (Lipinski definition) is 3. The molecule has 0 saturated carbocycles. The summed E-state index contributed by atoms with van der Waals surface area (Å²) in [6, 6.07) is 17.2. The number of anilines is 2. The molecule has 45 heavy (non-hydrogen) atoms. The minimum absolute atomic E-state index is 0.0614. The fourth-order valence-electron chi connectivity index (χ4n) is 5.35. The zero-order valence-electron chi connectivity index (χ0n) is 23.4. The van der Waals surface area contributed by atoms with Gasteiger partial charge in [0, 0.05) is 26.5 Å². The highest BCUT2D eigenvalue weighted by Crippen LogP contribution is 2.54. The van der Waals surface area contributed by atoms with Crippen LogP contribution in [0.2, 0.25) is 0 Å². The van der Waals surface area contributed by atoms with Gasteiger partial charge < -0.3 is 24.9 Å². The first-order valence-electron chi connectivity index (χ1n) is 13.7. The molecule has 2 aliphatic rings. The van der Waals surface area contributed by atoms with Crippen molar-refractivity contribution in [2.45, 2.75) is 23.1 Å². The Hall–Kier alpha value is -4.40. The molecule has 0 spiro atoms. The maximum atomic E-state index is 14.1. The van der Waals surface area contributed by atoms with E-state index < -0.39 is 40.8 Å². The molecule has 1 fully saturated rings. The van der Waals surface area contributed by atoms with Crippen molar-refractivity contribution in [1.29, 1.82) is 0 Å². The van der Waals surface area contributed by atoms with Crippen molar-refractivity contribution in [3.05, 3.63) is 96.9 Å². The smallest absolute Gasteiger partial charge is 0.338 e. The van der Waals surface area contributed by atoms with E-state index in [2.05, 4.69) is 26.2 Å². The SMILES string of the molecule is CCOC(=O)c1ccc(N2C(=O)C3Sc4[nH]c(=O)sc4C(c4cc(Br)ccc4OCC(=O)Nc4ccc(O)cc4)C3C2=O)cc1. The van der Waals surface area contributed by atoms with Gasteiger partial charge >= 0.3 is 10.8 Å².